The molecule has 1 nitrogen and oxygen atoms in total. The molecule has 0 amide bonds. The Labute approximate surface area is 94.2 Å². The van der Waals surface area contributed by atoms with Gasteiger partial charge in [0.2, 0.25) is 0 Å². The van der Waals surface area contributed by atoms with Crippen LogP contribution >= 0.6 is 0 Å². The van der Waals surface area contributed by atoms with Crippen molar-refractivity contribution in [1.82, 2.24) is 4.90 Å². The summed E-state index contributed by atoms with van der Waals surface area (Å²) in [5, 5.41) is 0. The number of likely N-dealkylation sites (tertiary alicyclic amines) is 1. The standard InChI is InChI=1S/C14H25N/c1-9(2)15-8-10(3)4-11-5-12-6-13(15)7-14(11)12/h9-14H,4-8H2,1-3H3. The van der Waals surface area contributed by atoms with Crippen LogP contribution in [0.2, 0.25) is 0 Å². The van der Waals surface area contributed by atoms with Crippen molar-refractivity contribution in [2.45, 2.75) is 58.5 Å². The Balaban J connectivity index is 1.80. The van der Waals surface area contributed by atoms with Crippen LogP contribution in [0.3, 0.4) is 0 Å². The van der Waals surface area contributed by atoms with Crippen LogP contribution in [0.5, 0.6) is 0 Å². The Morgan fingerprint density at radius 1 is 1.00 bits per heavy atom. The molecule has 2 aliphatic carbocycles. The quantitative estimate of drug-likeness (QED) is 0.638. The first-order valence-corrected chi connectivity index (χ1v) is 6.91. The number of hydrogen-bond acceptors (Lipinski definition) is 1. The molecule has 0 radical (unpaired) electrons. The SMILES string of the molecule is CC1CC2CC3CC(CC23)N(C(C)C)C1. The van der Waals surface area contributed by atoms with E-state index in [1.54, 1.807) is 6.42 Å². The van der Waals surface area contributed by atoms with Crippen LogP contribution in [0.4, 0.5) is 0 Å². The molecule has 3 rings (SSSR count). The summed E-state index contributed by atoms with van der Waals surface area (Å²) >= 11 is 0. The van der Waals surface area contributed by atoms with Gasteiger partial charge in [-0.15, -0.1) is 0 Å². The molecule has 2 saturated carbocycles. The lowest BCUT2D eigenvalue weighted by Crippen LogP contribution is -2.43. The first kappa shape index (κ1) is 10.1. The van der Waals surface area contributed by atoms with Crippen molar-refractivity contribution in [3.8, 4) is 0 Å². The third-order valence-electron chi connectivity index (χ3n) is 5.30. The monoisotopic (exact) mass is 207 g/mol. The summed E-state index contributed by atoms with van der Waals surface area (Å²) in [6.07, 6.45) is 6.13. The van der Waals surface area contributed by atoms with Gasteiger partial charge in [-0.05, 0) is 63.2 Å². The van der Waals surface area contributed by atoms with E-state index < -0.39 is 0 Å². The molecule has 1 heterocycles. The molecule has 0 spiro atoms. The molecule has 1 heteroatoms. The first-order chi connectivity index (χ1) is 7.15. The van der Waals surface area contributed by atoms with E-state index in [2.05, 4.69) is 25.7 Å². The molecule has 0 aromatic rings. The highest BCUT2D eigenvalue weighted by molar-refractivity contribution is 5.02. The summed E-state index contributed by atoms with van der Waals surface area (Å²) in [7, 11) is 0. The first-order valence-electron chi connectivity index (χ1n) is 6.91. The zero-order chi connectivity index (χ0) is 10.6. The summed E-state index contributed by atoms with van der Waals surface area (Å²) in [5.74, 6) is 4.29. The fourth-order valence-electron chi connectivity index (χ4n) is 4.62. The minimum Gasteiger partial charge on any atom is -0.298 e. The maximum absolute atomic E-state index is 2.80. The molecule has 0 N–H and O–H groups in total. The number of rotatable bonds is 1. The molecule has 0 aromatic heterocycles. The third-order valence-corrected chi connectivity index (χ3v) is 5.30. The normalized spacial score (nSPS) is 50.0. The lowest BCUT2D eigenvalue weighted by Gasteiger charge is -2.43. The summed E-state index contributed by atoms with van der Waals surface area (Å²) in [5.41, 5.74) is 0. The molecule has 1 aliphatic heterocycles. The van der Waals surface area contributed by atoms with Gasteiger partial charge >= 0.3 is 0 Å². The van der Waals surface area contributed by atoms with E-state index in [1.807, 2.05) is 0 Å². The van der Waals surface area contributed by atoms with E-state index in [1.165, 1.54) is 25.8 Å². The smallest absolute Gasteiger partial charge is 0.0104 e. The van der Waals surface area contributed by atoms with E-state index in [9.17, 15) is 0 Å². The molecule has 5 unspecified atom stereocenters. The lowest BCUT2D eigenvalue weighted by atomic mass is 9.64. The predicted molar refractivity (Wildman–Crippen MR) is 63.7 cm³/mol. The second kappa shape index (κ2) is 3.48. The highest BCUT2D eigenvalue weighted by Crippen LogP contribution is 2.55. The Morgan fingerprint density at radius 3 is 2.47 bits per heavy atom. The lowest BCUT2D eigenvalue weighted by molar-refractivity contribution is 0.0563. The van der Waals surface area contributed by atoms with Crippen molar-refractivity contribution >= 4 is 0 Å². The van der Waals surface area contributed by atoms with E-state index in [-0.39, 0.29) is 0 Å². The zero-order valence-electron chi connectivity index (χ0n) is 10.4. The Hall–Kier alpha value is -0.0400. The second-order valence-electron chi connectivity index (χ2n) is 6.68. The molecule has 15 heavy (non-hydrogen) atoms. The van der Waals surface area contributed by atoms with Crippen molar-refractivity contribution in [3.63, 3.8) is 0 Å². The van der Waals surface area contributed by atoms with E-state index in [0.717, 1.165) is 35.8 Å². The molecule has 1 saturated heterocycles. The fraction of sp³-hybridized carbons (Fsp3) is 1.00. The zero-order valence-corrected chi connectivity index (χ0v) is 10.4. The van der Waals surface area contributed by atoms with Gasteiger partial charge in [0.15, 0.2) is 0 Å². The molecular formula is C14H25N. The highest BCUT2D eigenvalue weighted by Gasteiger charge is 2.50. The van der Waals surface area contributed by atoms with E-state index in [0.29, 0.717) is 0 Å². The average molecular weight is 207 g/mol. The largest absolute Gasteiger partial charge is 0.298 e. The van der Waals surface area contributed by atoms with Crippen molar-refractivity contribution in [3.05, 3.63) is 0 Å². The minimum atomic E-state index is 0.756. The molecule has 3 fully saturated rings. The van der Waals surface area contributed by atoms with Crippen molar-refractivity contribution < 1.29 is 0 Å². The van der Waals surface area contributed by atoms with Crippen molar-refractivity contribution in [2.24, 2.45) is 23.7 Å². The van der Waals surface area contributed by atoms with Gasteiger partial charge in [0, 0.05) is 18.6 Å². The molecule has 0 aromatic carbocycles. The molecule has 3 aliphatic rings. The fourth-order valence-corrected chi connectivity index (χ4v) is 4.62. The van der Waals surface area contributed by atoms with Crippen molar-refractivity contribution in [1.29, 1.82) is 0 Å². The van der Waals surface area contributed by atoms with Crippen molar-refractivity contribution in [2.75, 3.05) is 6.54 Å². The van der Waals surface area contributed by atoms with Gasteiger partial charge in [-0.3, -0.25) is 4.90 Å². The van der Waals surface area contributed by atoms with E-state index in [4.69, 9.17) is 0 Å². The maximum atomic E-state index is 2.80. The van der Waals surface area contributed by atoms with Crippen LogP contribution in [-0.2, 0) is 0 Å². The summed E-state index contributed by atoms with van der Waals surface area (Å²) in [6, 6.07) is 1.69. The topological polar surface area (TPSA) is 3.24 Å². The van der Waals surface area contributed by atoms with Crippen LogP contribution in [0.15, 0.2) is 0 Å². The molecule has 86 valence electrons. The van der Waals surface area contributed by atoms with Gasteiger partial charge in [-0.2, -0.15) is 0 Å². The van der Waals surface area contributed by atoms with Gasteiger partial charge in [-0.25, -0.2) is 0 Å². The van der Waals surface area contributed by atoms with Gasteiger partial charge < -0.3 is 0 Å². The molecular weight excluding hydrogens is 182 g/mol. The van der Waals surface area contributed by atoms with Crippen LogP contribution in [0, 0.1) is 23.7 Å². The van der Waals surface area contributed by atoms with Gasteiger partial charge in [-0.1, -0.05) is 6.92 Å². The number of nitrogens with zero attached hydrogens (tertiary/aromatic N) is 1. The number of fused-ring (bicyclic) bond motifs is 1. The second-order valence-corrected chi connectivity index (χ2v) is 6.68. The highest BCUT2D eigenvalue weighted by atomic mass is 15.2. The average Bonchev–Trinajstić information content (AvgIpc) is 2.51. The third kappa shape index (κ3) is 1.54. The van der Waals surface area contributed by atoms with E-state index >= 15 is 0 Å². The summed E-state index contributed by atoms with van der Waals surface area (Å²) in [4.78, 5) is 2.80. The van der Waals surface area contributed by atoms with Crippen LogP contribution in [-0.4, -0.2) is 23.5 Å². The Bertz CT molecular complexity index is 248. The Morgan fingerprint density at radius 2 is 1.73 bits per heavy atom. The van der Waals surface area contributed by atoms with Gasteiger partial charge in [0.05, 0.1) is 0 Å². The van der Waals surface area contributed by atoms with Gasteiger partial charge in [0.1, 0.15) is 0 Å². The minimum absolute atomic E-state index is 0.756. The molecule has 2 bridgehead atoms. The van der Waals surface area contributed by atoms with Crippen LogP contribution in [0.1, 0.15) is 46.5 Å². The number of hydrogen-bond donors (Lipinski definition) is 0. The van der Waals surface area contributed by atoms with Crippen LogP contribution in [0.25, 0.3) is 0 Å². The van der Waals surface area contributed by atoms with Crippen LogP contribution < -0.4 is 0 Å². The summed E-state index contributed by atoms with van der Waals surface area (Å²) < 4.78 is 0. The molecule has 5 atom stereocenters. The predicted octanol–water partition coefficient (Wildman–Crippen LogP) is 3.15. The van der Waals surface area contributed by atoms with Gasteiger partial charge in [0.25, 0.3) is 0 Å². The maximum Gasteiger partial charge on any atom is 0.0104 e. The Kier molecular flexibility index (Phi) is 2.35. The summed E-state index contributed by atoms with van der Waals surface area (Å²) in [6.45, 7) is 8.59.